The molecule has 0 aliphatic carbocycles. The molecule has 3 nitrogen and oxygen atoms in total. The van der Waals surface area contributed by atoms with Gasteiger partial charge in [-0.15, -0.1) is 12.4 Å². The van der Waals surface area contributed by atoms with E-state index in [1.54, 1.807) is 13.8 Å². The summed E-state index contributed by atoms with van der Waals surface area (Å²) >= 11 is 0. The molecule has 0 aromatic heterocycles. The van der Waals surface area contributed by atoms with Crippen LogP contribution in [0.5, 0.6) is 0 Å². The molecular formula is C13H19ClF2N2O. The van der Waals surface area contributed by atoms with E-state index in [1.807, 2.05) is 0 Å². The Balaban J connectivity index is 0.00000324. The van der Waals surface area contributed by atoms with Gasteiger partial charge in [-0.2, -0.15) is 0 Å². The van der Waals surface area contributed by atoms with Crippen molar-refractivity contribution in [2.45, 2.75) is 32.2 Å². The first-order valence-corrected chi connectivity index (χ1v) is 5.83. The van der Waals surface area contributed by atoms with Gasteiger partial charge < -0.3 is 11.1 Å². The van der Waals surface area contributed by atoms with Crippen molar-refractivity contribution in [2.75, 3.05) is 6.54 Å². The predicted octanol–water partition coefficient (Wildman–Crippen LogP) is 2.48. The fourth-order valence-electron chi connectivity index (χ4n) is 1.63. The molecule has 19 heavy (non-hydrogen) atoms. The van der Waals surface area contributed by atoms with Gasteiger partial charge in [-0.3, -0.25) is 4.79 Å². The maximum atomic E-state index is 13.1. The predicted molar refractivity (Wildman–Crippen MR) is 73.1 cm³/mol. The number of carbonyl (C=O) groups is 1. The molecule has 0 radical (unpaired) electrons. The van der Waals surface area contributed by atoms with Crippen LogP contribution in [-0.2, 0) is 10.3 Å². The second kappa shape index (κ2) is 7.40. The van der Waals surface area contributed by atoms with Gasteiger partial charge in [-0.05, 0) is 44.5 Å². The van der Waals surface area contributed by atoms with Crippen LogP contribution < -0.4 is 11.1 Å². The fraction of sp³-hybridized carbons (Fsp3) is 0.462. The van der Waals surface area contributed by atoms with Gasteiger partial charge >= 0.3 is 0 Å². The maximum Gasteiger partial charge on any atom is 0.220 e. The molecule has 1 rings (SSSR count). The third-order valence-corrected chi connectivity index (χ3v) is 2.70. The summed E-state index contributed by atoms with van der Waals surface area (Å²) in [6.45, 7) is 3.92. The zero-order valence-corrected chi connectivity index (χ0v) is 11.8. The molecule has 1 amide bonds. The first-order chi connectivity index (χ1) is 8.36. The van der Waals surface area contributed by atoms with Crippen LogP contribution in [0.15, 0.2) is 18.2 Å². The molecule has 0 aliphatic heterocycles. The molecule has 0 spiro atoms. The van der Waals surface area contributed by atoms with Gasteiger partial charge in [0.2, 0.25) is 5.91 Å². The molecule has 1 aromatic carbocycles. The number of benzene rings is 1. The van der Waals surface area contributed by atoms with Crippen molar-refractivity contribution in [3.63, 3.8) is 0 Å². The number of nitrogens with two attached hydrogens (primary N) is 1. The first kappa shape index (κ1) is 17.8. The topological polar surface area (TPSA) is 55.1 Å². The number of hydrogen-bond acceptors (Lipinski definition) is 2. The SMILES string of the molecule is CC(C)(NC(=O)CCCN)c1ccc(F)c(F)c1.Cl. The molecule has 0 heterocycles. The molecule has 1 aromatic rings. The first-order valence-electron chi connectivity index (χ1n) is 5.83. The zero-order chi connectivity index (χ0) is 13.8. The number of amides is 1. The standard InChI is InChI=1S/C13H18F2N2O.ClH/c1-13(2,17-12(18)4-3-7-16)9-5-6-10(14)11(15)8-9;/h5-6,8H,3-4,7,16H2,1-2H3,(H,17,18);1H. The van der Waals surface area contributed by atoms with E-state index in [9.17, 15) is 13.6 Å². The van der Waals surface area contributed by atoms with E-state index in [0.29, 0.717) is 24.9 Å². The van der Waals surface area contributed by atoms with Crippen molar-refractivity contribution in [1.29, 1.82) is 0 Å². The minimum Gasteiger partial charge on any atom is -0.347 e. The Kier molecular flexibility index (Phi) is 6.94. The molecule has 3 N–H and O–H groups in total. The smallest absolute Gasteiger partial charge is 0.220 e. The molecule has 0 bridgehead atoms. The lowest BCUT2D eigenvalue weighted by Crippen LogP contribution is -2.41. The summed E-state index contributed by atoms with van der Waals surface area (Å²) in [6.07, 6.45) is 0.920. The van der Waals surface area contributed by atoms with Crippen LogP contribution in [-0.4, -0.2) is 12.5 Å². The summed E-state index contributed by atoms with van der Waals surface area (Å²) in [7, 11) is 0. The Morgan fingerprint density at radius 3 is 2.47 bits per heavy atom. The van der Waals surface area contributed by atoms with Crippen molar-refractivity contribution in [3.8, 4) is 0 Å². The molecule has 0 aliphatic rings. The monoisotopic (exact) mass is 292 g/mol. The van der Waals surface area contributed by atoms with Crippen molar-refractivity contribution in [2.24, 2.45) is 5.73 Å². The van der Waals surface area contributed by atoms with Gasteiger partial charge in [0.1, 0.15) is 0 Å². The number of rotatable bonds is 5. The molecule has 108 valence electrons. The van der Waals surface area contributed by atoms with Crippen molar-refractivity contribution >= 4 is 18.3 Å². The van der Waals surface area contributed by atoms with Crippen LogP contribution in [0.1, 0.15) is 32.3 Å². The largest absolute Gasteiger partial charge is 0.347 e. The fourth-order valence-corrected chi connectivity index (χ4v) is 1.63. The Hall–Kier alpha value is -1.20. The molecule has 0 atom stereocenters. The van der Waals surface area contributed by atoms with E-state index in [2.05, 4.69) is 5.32 Å². The van der Waals surface area contributed by atoms with Crippen LogP contribution in [0.4, 0.5) is 8.78 Å². The van der Waals surface area contributed by atoms with Gasteiger partial charge in [0.15, 0.2) is 11.6 Å². The maximum absolute atomic E-state index is 13.1. The molecule has 0 saturated carbocycles. The number of nitrogens with one attached hydrogen (secondary N) is 1. The Morgan fingerprint density at radius 1 is 1.32 bits per heavy atom. The molecule has 0 saturated heterocycles. The van der Waals surface area contributed by atoms with E-state index in [-0.39, 0.29) is 18.3 Å². The second-order valence-electron chi connectivity index (χ2n) is 4.69. The van der Waals surface area contributed by atoms with Crippen LogP contribution in [0.25, 0.3) is 0 Å². The van der Waals surface area contributed by atoms with E-state index in [0.717, 1.165) is 12.1 Å². The Morgan fingerprint density at radius 2 is 1.95 bits per heavy atom. The highest BCUT2D eigenvalue weighted by Gasteiger charge is 2.23. The summed E-state index contributed by atoms with van der Waals surface area (Å²) in [5.41, 5.74) is 5.08. The Bertz CT molecular complexity index is 439. The highest BCUT2D eigenvalue weighted by atomic mass is 35.5. The number of halogens is 3. The lowest BCUT2D eigenvalue weighted by Gasteiger charge is -2.27. The zero-order valence-electron chi connectivity index (χ0n) is 11.0. The highest BCUT2D eigenvalue weighted by molar-refractivity contribution is 5.85. The third kappa shape index (κ3) is 5.12. The Labute approximate surface area is 118 Å². The summed E-state index contributed by atoms with van der Waals surface area (Å²) in [6, 6.07) is 3.61. The second-order valence-corrected chi connectivity index (χ2v) is 4.69. The average Bonchev–Trinajstić information content (AvgIpc) is 2.29. The van der Waals surface area contributed by atoms with Gasteiger partial charge in [0.05, 0.1) is 5.54 Å². The lowest BCUT2D eigenvalue weighted by molar-refractivity contribution is -0.122. The normalized spacial score (nSPS) is 10.8. The van der Waals surface area contributed by atoms with Gasteiger partial charge in [-0.1, -0.05) is 6.07 Å². The van der Waals surface area contributed by atoms with E-state index in [1.165, 1.54) is 6.07 Å². The quantitative estimate of drug-likeness (QED) is 0.876. The number of carbonyl (C=O) groups excluding carboxylic acids is 1. The molecule has 0 fully saturated rings. The molecule has 6 heteroatoms. The van der Waals surface area contributed by atoms with Crippen molar-refractivity contribution in [3.05, 3.63) is 35.4 Å². The summed E-state index contributed by atoms with van der Waals surface area (Å²) < 4.78 is 26.0. The van der Waals surface area contributed by atoms with E-state index < -0.39 is 17.2 Å². The summed E-state index contributed by atoms with van der Waals surface area (Å²) in [5.74, 6) is -1.98. The lowest BCUT2D eigenvalue weighted by atomic mass is 9.94. The minimum absolute atomic E-state index is 0. The highest BCUT2D eigenvalue weighted by Crippen LogP contribution is 2.22. The van der Waals surface area contributed by atoms with E-state index in [4.69, 9.17) is 5.73 Å². The third-order valence-electron chi connectivity index (χ3n) is 2.70. The van der Waals surface area contributed by atoms with Crippen molar-refractivity contribution < 1.29 is 13.6 Å². The molecule has 0 unspecified atom stereocenters. The van der Waals surface area contributed by atoms with Crippen LogP contribution in [0, 0.1) is 11.6 Å². The summed E-state index contributed by atoms with van der Waals surface area (Å²) in [4.78, 5) is 11.6. The van der Waals surface area contributed by atoms with Gasteiger partial charge in [0.25, 0.3) is 0 Å². The van der Waals surface area contributed by atoms with Crippen LogP contribution in [0.3, 0.4) is 0 Å². The minimum atomic E-state index is -0.920. The van der Waals surface area contributed by atoms with Gasteiger partial charge in [-0.25, -0.2) is 8.78 Å². The van der Waals surface area contributed by atoms with Crippen LogP contribution >= 0.6 is 12.4 Å². The number of hydrogen-bond donors (Lipinski definition) is 2. The molecular weight excluding hydrogens is 274 g/mol. The average molecular weight is 293 g/mol. The van der Waals surface area contributed by atoms with E-state index >= 15 is 0 Å². The van der Waals surface area contributed by atoms with Crippen molar-refractivity contribution in [1.82, 2.24) is 5.32 Å². The van der Waals surface area contributed by atoms with Gasteiger partial charge in [0, 0.05) is 6.42 Å². The van der Waals surface area contributed by atoms with Crippen LogP contribution in [0.2, 0.25) is 0 Å². The summed E-state index contributed by atoms with van der Waals surface area (Å²) in [5, 5.41) is 2.77.